The molecule has 102 valence electrons. The number of thioether (sulfide) groups is 2. The van der Waals surface area contributed by atoms with Crippen molar-refractivity contribution in [1.82, 2.24) is 4.90 Å². The largest absolute Gasteiger partial charge is 0.377 e. The smallest absolute Gasteiger partial charge is 0.242 e. The molecule has 0 bridgehead atoms. The van der Waals surface area contributed by atoms with Crippen molar-refractivity contribution in [3.8, 4) is 0 Å². The molecule has 0 aromatic rings. The second kappa shape index (κ2) is 8.31. The van der Waals surface area contributed by atoms with E-state index in [2.05, 4.69) is 0 Å². The summed E-state index contributed by atoms with van der Waals surface area (Å²) in [6.45, 7) is 5.66. The van der Waals surface area contributed by atoms with Gasteiger partial charge in [-0.25, -0.2) is 0 Å². The van der Waals surface area contributed by atoms with Crippen LogP contribution in [0.2, 0.25) is 0 Å². The third-order valence-electron chi connectivity index (χ3n) is 1.53. The molecule has 0 N–H and O–H groups in total. The Morgan fingerprint density at radius 2 is 1.29 bits per heavy atom. The molecule has 0 radical (unpaired) electrons. The van der Waals surface area contributed by atoms with Crippen molar-refractivity contribution in [3.63, 3.8) is 0 Å². The summed E-state index contributed by atoms with van der Waals surface area (Å²) in [4.78, 5) is 2.02. The maximum Gasteiger partial charge on any atom is 0.242 e. The third kappa shape index (κ3) is 11.5. The fourth-order valence-electron chi connectivity index (χ4n) is 0.857. The van der Waals surface area contributed by atoms with Crippen molar-refractivity contribution in [3.05, 3.63) is 10.4 Å². The Kier molecular flexibility index (Phi) is 9.28. The quantitative estimate of drug-likeness (QED) is 0.505. The molecule has 0 aromatic heterocycles. The third-order valence-corrected chi connectivity index (χ3v) is 4.50. The second-order valence-corrected chi connectivity index (χ2v) is 11.4. The minimum absolute atomic E-state index is 0.633. The lowest BCUT2D eigenvalue weighted by molar-refractivity contribution is 0.419. The maximum absolute atomic E-state index is 5.72. The number of nitrogens with zero attached hydrogens (tertiary/aromatic N) is 1. The zero-order valence-electron chi connectivity index (χ0n) is 9.02. The van der Waals surface area contributed by atoms with Gasteiger partial charge in [-0.1, -0.05) is 93.1 Å². The Morgan fingerprint density at radius 3 is 1.53 bits per heavy atom. The van der Waals surface area contributed by atoms with E-state index in [0.717, 1.165) is 36.6 Å². The molecule has 0 heterocycles. The van der Waals surface area contributed by atoms with Crippen LogP contribution in [0.5, 0.6) is 0 Å². The van der Waals surface area contributed by atoms with E-state index < -0.39 is 6.25 Å². The van der Waals surface area contributed by atoms with Gasteiger partial charge in [-0.05, 0) is 13.8 Å². The van der Waals surface area contributed by atoms with E-state index in [9.17, 15) is 0 Å². The molecular formula is C8H11Cl6NS2. The van der Waals surface area contributed by atoms with Gasteiger partial charge in [-0.3, -0.25) is 0 Å². The van der Waals surface area contributed by atoms with Crippen LogP contribution in [0.4, 0.5) is 0 Å². The second-order valence-electron chi connectivity index (χ2n) is 2.76. The fraction of sp³-hybridized carbons (Fsp3) is 0.750. The maximum atomic E-state index is 5.72. The van der Waals surface area contributed by atoms with Gasteiger partial charge >= 0.3 is 0 Å². The first-order valence-corrected chi connectivity index (χ1v) is 8.44. The van der Waals surface area contributed by atoms with E-state index in [-0.39, 0.29) is 0 Å². The zero-order chi connectivity index (χ0) is 13.7. The van der Waals surface area contributed by atoms with E-state index in [1.54, 1.807) is 0 Å². The van der Waals surface area contributed by atoms with Crippen LogP contribution in [0.25, 0.3) is 0 Å². The van der Waals surface area contributed by atoms with Gasteiger partial charge in [-0.2, -0.15) is 0 Å². The Labute approximate surface area is 140 Å². The molecule has 1 nitrogen and oxygen atoms in total. The summed E-state index contributed by atoms with van der Waals surface area (Å²) < 4.78 is -2.34. The van der Waals surface area contributed by atoms with Crippen molar-refractivity contribution < 1.29 is 0 Å². The van der Waals surface area contributed by atoms with Gasteiger partial charge in [0.25, 0.3) is 0 Å². The van der Waals surface area contributed by atoms with Crippen LogP contribution in [0, 0.1) is 0 Å². The number of alkyl halides is 6. The van der Waals surface area contributed by atoms with Gasteiger partial charge in [-0.15, -0.1) is 0 Å². The summed E-state index contributed by atoms with van der Waals surface area (Å²) in [7, 11) is 0. The van der Waals surface area contributed by atoms with Gasteiger partial charge in [0, 0.05) is 19.3 Å². The molecule has 0 aliphatic heterocycles. The van der Waals surface area contributed by atoms with Crippen molar-refractivity contribution >= 4 is 93.1 Å². The van der Waals surface area contributed by atoms with E-state index in [4.69, 9.17) is 69.6 Å². The summed E-state index contributed by atoms with van der Waals surface area (Å²) >= 11 is 36.3. The molecule has 0 aromatic carbocycles. The highest BCUT2D eigenvalue weighted by molar-refractivity contribution is 8.26. The first kappa shape index (κ1) is 19.0. The summed E-state index contributed by atoms with van der Waals surface area (Å²) in [5.74, 6) is 0. The standard InChI is InChI=1S/C8H11Cl6NS2/c1-3-15(4-2)5-6(16-7(9,10)11)17-8(12,13)14/h5H,3-4H2,1-2H3. The molecule has 0 aliphatic rings. The van der Waals surface area contributed by atoms with E-state index in [1.165, 1.54) is 0 Å². The zero-order valence-corrected chi connectivity index (χ0v) is 15.2. The van der Waals surface area contributed by atoms with Crippen LogP contribution in [0.1, 0.15) is 13.8 Å². The Hall–Kier alpha value is 1.98. The highest BCUT2D eigenvalue weighted by Crippen LogP contribution is 2.53. The predicted octanol–water partition coefficient (Wildman–Crippen LogP) is 6.25. The average Bonchev–Trinajstić information content (AvgIpc) is 2.08. The molecule has 0 atom stereocenters. The Balaban J connectivity index is 4.84. The van der Waals surface area contributed by atoms with Crippen LogP contribution >= 0.6 is 93.1 Å². The normalized spacial score (nSPS) is 12.5. The Morgan fingerprint density at radius 1 is 0.941 bits per heavy atom. The van der Waals surface area contributed by atoms with Crippen LogP contribution in [0.15, 0.2) is 10.4 Å². The minimum Gasteiger partial charge on any atom is -0.377 e. The van der Waals surface area contributed by atoms with Crippen molar-refractivity contribution in [2.45, 2.75) is 20.1 Å². The summed E-state index contributed by atoms with van der Waals surface area (Å²) in [6, 6.07) is 0. The molecule has 0 aliphatic carbocycles. The van der Waals surface area contributed by atoms with Crippen molar-refractivity contribution in [2.75, 3.05) is 13.1 Å². The number of hydrogen-bond donors (Lipinski definition) is 0. The molecule has 0 rings (SSSR count). The molecule has 0 spiro atoms. The number of rotatable bonds is 5. The number of hydrogen-bond acceptors (Lipinski definition) is 3. The van der Waals surface area contributed by atoms with Gasteiger partial charge in [0.15, 0.2) is 0 Å². The highest BCUT2D eigenvalue weighted by atomic mass is 35.6. The van der Waals surface area contributed by atoms with Crippen molar-refractivity contribution in [1.29, 1.82) is 0 Å². The lowest BCUT2D eigenvalue weighted by atomic mass is 10.5. The fourth-order valence-corrected chi connectivity index (χ4v) is 4.95. The van der Waals surface area contributed by atoms with Gasteiger partial charge in [0.05, 0.1) is 4.24 Å². The Bertz CT molecular complexity index is 238. The molecule has 0 saturated heterocycles. The lowest BCUT2D eigenvalue weighted by Crippen LogP contribution is -2.16. The molecular weight excluding hydrogens is 387 g/mol. The first-order chi connectivity index (χ1) is 7.57. The van der Waals surface area contributed by atoms with Crippen LogP contribution < -0.4 is 0 Å². The van der Waals surface area contributed by atoms with Crippen molar-refractivity contribution in [2.24, 2.45) is 0 Å². The van der Waals surface area contributed by atoms with Gasteiger partial charge < -0.3 is 4.90 Å². The topological polar surface area (TPSA) is 3.24 Å². The summed E-state index contributed by atoms with van der Waals surface area (Å²) in [6.07, 6.45) is 1.82. The molecule has 0 unspecified atom stereocenters. The minimum atomic E-state index is -1.48. The van der Waals surface area contributed by atoms with Gasteiger partial charge in [0.1, 0.15) is 0 Å². The monoisotopic (exact) mass is 395 g/mol. The summed E-state index contributed by atoms with van der Waals surface area (Å²) in [5.41, 5.74) is 0. The van der Waals surface area contributed by atoms with Crippen LogP contribution in [0.3, 0.4) is 0 Å². The van der Waals surface area contributed by atoms with Crippen LogP contribution in [-0.2, 0) is 0 Å². The highest BCUT2D eigenvalue weighted by Gasteiger charge is 2.29. The lowest BCUT2D eigenvalue weighted by Gasteiger charge is -2.21. The molecule has 0 amide bonds. The van der Waals surface area contributed by atoms with Gasteiger partial charge in [0.2, 0.25) is 6.25 Å². The van der Waals surface area contributed by atoms with Crippen LogP contribution in [-0.4, -0.2) is 24.2 Å². The van der Waals surface area contributed by atoms with E-state index >= 15 is 0 Å². The van der Waals surface area contributed by atoms with E-state index in [0.29, 0.717) is 4.24 Å². The van der Waals surface area contributed by atoms with E-state index in [1.807, 2.05) is 24.9 Å². The molecule has 9 heteroatoms. The molecule has 0 saturated carbocycles. The SMILES string of the molecule is CCN(C=C(SC(Cl)(Cl)Cl)SC(Cl)(Cl)Cl)CC. The predicted molar refractivity (Wildman–Crippen MR) is 86.8 cm³/mol. The summed E-state index contributed by atoms with van der Waals surface area (Å²) in [5, 5.41) is 0. The average molecular weight is 398 g/mol. The first-order valence-electron chi connectivity index (χ1n) is 4.54. The number of halogens is 6. The molecule has 0 fully saturated rings. The molecule has 17 heavy (non-hydrogen) atoms.